The Labute approximate surface area is 102 Å². The Morgan fingerprint density at radius 3 is 2.35 bits per heavy atom. The Hall–Kier alpha value is -1.82. The minimum atomic E-state index is 1.32. The van der Waals surface area contributed by atoms with Crippen LogP contribution in [0.4, 0.5) is 0 Å². The molecular formula is C17H16. The standard InChI is InChI=1S/C17H16/c1-11-7-8-15-13(3)16-6-4-5-12(2)17(16)10-14(15)9-11/h4-10H,1-3H3. The fraction of sp³-hybridized carbons (Fsp3) is 0.176. The molecule has 0 bridgehead atoms. The molecule has 0 atom stereocenters. The molecule has 0 aliphatic heterocycles. The Morgan fingerprint density at radius 1 is 0.706 bits per heavy atom. The molecule has 0 saturated heterocycles. The van der Waals surface area contributed by atoms with Crippen molar-refractivity contribution in [3.63, 3.8) is 0 Å². The van der Waals surface area contributed by atoms with Crippen LogP contribution in [-0.4, -0.2) is 0 Å². The van der Waals surface area contributed by atoms with Gasteiger partial charge < -0.3 is 0 Å². The quantitative estimate of drug-likeness (QED) is 0.472. The molecule has 0 saturated carbocycles. The number of hydrogen-bond acceptors (Lipinski definition) is 0. The van der Waals surface area contributed by atoms with Gasteiger partial charge in [-0.3, -0.25) is 0 Å². The highest BCUT2D eigenvalue weighted by atomic mass is 14.1. The van der Waals surface area contributed by atoms with Crippen molar-refractivity contribution in [2.75, 3.05) is 0 Å². The fourth-order valence-electron chi connectivity index (χ4n) is 2.64. The second-order valence-corrected chi connectivity index (χ2v) is 4.90. The zero-order chi connectivity index (χ0) is 12.0. The normalized spacial score (nSPS) is 11.2. The Balaban J connectivity index is 2.57. The van der Waals surface area contributed by atoms with Crippen LogP contribution in [0.2, 0.25) is 0 Å². The Morgan fingerprint density at radius 2 is 1.53 bits per heavy atom. The second-order valence-electron chi connectivity index (χ2n) is 4.90. The van der Waals surface area contributed by atoms with Crippen molar-refractivity contribution in [2.24, 2.45) is 0 Å². The monoisotopic (exact) mass is 220 g/mol. The van der Waals surface area contributed by atoms with E-state index < -0.39 is 0 Å². The zero-order valence-electron chi connectivity index (χ0n) is 10.5. The highest BCUT2D eigenvalue weighted by Gasteiger charge is 2.05. The maximum absolute atomic E-state index is 2.32. The van der Waals surface area contributed by atoms with Crippen LogP contribution in [0.1, 0.15) is 16.7 Å². The van der Waals surface area contributed by atoms with Gasteiger partial charge in [-0.05, 0) is 59.5 Å². The first-order valence-electron chi connectivity index (χ1n) is 6.06. The minimum absolute atomic E-state index is 1.32. The number of hydrogen-bond donors (Lipinski definition) is 0. The van der Waals surface area contributed by atoms with Gasteiger partial charge in [0.1, 0.15) is 0 Å². The molecule has 3 aromatic carbocycles. The van der Waals surface area contributed by atoms with Crippen molar-refractivity contribution in [3.05, 3.63) is 59.2 Å². The number of aryl methyl sites for hydroxylation is 3. The third-order valence-corrected chi connectivity index (χ3v) is 3.64. The SMILES string of the molecule is Cc1ccc2c(C)c3cccc(C)c3cc2c1. The van der Waals surface area contributed by atoms with E-state index in [0.29, 0.717) is 0 Å². The summed E-state index contributed by atoms with van der Waals surface area (Å²) in [6.45, 7) is 6.56. The van der Waals surface area contributed by atoms with E-state index in [9.17, 15) is 0 Å². The van der Waals surface area contributed by atoms with Gasteiger partial charge in [0.05, 0.1) is 0 Å². The van der Waals surface area contributed by atoms with Crippen LogP contribution in [0.15, 0.2) is 42.5 Å². The third kappa shape index (κ3) is 1.52. The molecule has 0 heteroatoms. The molecule has 0 heterocycles. The Kier molecular flexibility index (Phi) is 2.19. The van der Waals surface area contributed by atoms with Crippen molar-refractivity contribution in [2.45, 2.75) is 20.8 Å². The van der Waals surface area contributed by atoms with Gasteiger partial charge in [0.25, 0.3) is 0 Å². The van der Waals surface area contributed by atoms with Gasteiger partial charge in [0, 0.05) is 0 Å². The van der Waals surface area contributed by atoms with E-state index in [0.717, 1.165) is 0 Å². The lowest BCUT2D eigenvalue weighted by Crippen LogP contribution is -1.86. The summed E-state index contributed by atoms with van der Waals surface area (Å²) >= 11 is 0. The molecule has 3 aromatic rings. The molecule has 0 nitrogen and oxygen atoms in total. The van der Waals surface area contributed by atoms with Crippen molar-refractivity contribution in [1.29, 1.82) is 0 Å². The van der Waals surface area contributed by atoms with E-state index in [4.69, 9.17) is 0 Å². The van der Waals surface area contributed by atoms with E-state index in [1.54, 1.807) is 0 Å². The highest BCUT2D eigenvalue weighted by Crippen LogP contribution is 2.30. The van der Waals surface area contributed by atoms with Crippen LogP contribution in [-0.2, 0) is 0 Å². The summed E-state index contributed by atoms with van der Waals surface area (Å²) in [6.07, 6.45) is 0. The van der Waals surface area contributed by atoms with Gasteiger partial charge in [-0.2, -0.15) is 0 Å². The molecule has 0 spiro atoms. The smallest absolute Gasteiger partial charge is 0.0146 e. The van der Waals surface area contributed by atoms with E-state index in [1.807, 2.05) is 0 Å². The highest BCUT2D eigenvalue weighted by molar-refractivity contribution is 6.03. The predicted molar refractivity (Wildman–Crippen MR) is 75.7 cm³/mol. The largest absolute Gasteiger partial charge is 0.0614 e. The predicted octanol–water partition coefficient (Wildman–Crippen LogP) is 4.92. The third-order valence-electron chi connectivity index (χ3n) is 3.64. The molecule has 3 rings (SSSR count). The summed E-state index contributed by atoms with van der Waals surface area (Å²) in [6, 6.07) is 15.6. The fourth-order valence-corrected chi connectivity index (χ4v) is 2.64. The molecule has 0 radical (unpaired) electrons. The first-order valence-corrected chi connectivity index (χ1v) is 6.06. The molecule has 0 aliphatic carbocycles. The number of rotatable bonds is 0. The molecule has 0 unspecified atom stereocenters. The minimum Gasteiger partial charge on any atom is -0.0614 e. The summed E-state index contributed by atoms with van der Waals surface area (Å²) in [5.74, 6) is 0. The summed E-state index contributed by atoms with van der Waals surface area (Å²) in [7, 11) is 0. The van der Waals surface area contributed by atoms with Gasteiger partial charge in [0.2, 0.25) is 0 Å². The topological polar surface area (TPSA) is 0 Å². The van der Waals surface area contributed by atoms with Crippen LogP contribution in [0, 0.1) is 20.8 Å². The van der Waals surface area contributed by atoms with E-state index in [-0.39, 0.29) is 0 Å². The lowest BCUT2D eigenvalue weighted by atomic mass is 9.94. The van der Waals surface area contributed by atoms with Gasteiger partial charge in [-0.1, -0.05) is 42.0 Å². The first-order chi connectivity index (χ1) is 8.16. The lowest BCUT2D eigenvalue weighted by molar-refractivity contribution is 1.48. The molecule has 0 fully saturated rings. The summed E-state index contributed by atoms with van der Waals surface area (Å²) in [4.78, 5) is 0. The maximum Gasteiger partial charge on any atom is -0.0146 e. The summed E-state index contributed by atoms with van der Waals surface area (Å²) in [5.41, 5.74) is 4.07. The summed E-state index contributed by atoms with van der Waals surface area (Å²) < 4.78 is 0. The van der Waals surface area contributed by atoms with Crippen molar-refractivity contribution < 1.29 is 0 Å². The van der Waals surface area contributed by atoms with Gasteiger partial charge in [0.15, 0.2) is 0 Å². The molecule has 0 amide bonds. The second kappa shape index (κ2) is 3.59. The van der Waals surface area contributed by atoms with Gasteiger partial charge in [-0.15, -0.1) is 0 Å². The van der Waals surface area contributed by atoms with Crippen LogP contribution in [0.3, 0.4) is 0 Å². The molecular weight excluding hydrogens is 204 g/mol. The maximum atomic E-state index is 2.32. The Bertz CT molecular complexity index is 721. The summed E-state index contributed by atoms with van der Waals surface area (Å²) in [5, 5.41) is 5.47. The van der Waals surface area contributed by atoms with E-state index in [1.165, 1.54) is 38.2 Å². The van der Waals surface area contributed by atoms with Gasteiger partial charge in [-0.25, -0.2) is 0 Å². The lowest BCUT2D eigenvalue weighted by Gasteiger charge is -2.10. The first kappa shape index (κ1) is 10.3. The average molecular weight is 220 g/mol. The van der Waals surface area contributed by atoms with Crippen LogP contribution in [0.25, 0.3) is 21.5 Å². The van der Waals surface area contributed by atoms with Crippen LogP contribution >= 0.6 is 0 Å². The van der Waals surface area contributed by atoms with E-state index in [2.05, 4.69) is 63.2 Å². The molecule has 0 N–H and O–H groups in total. The van der Waals surface area contributed by atoms with Gasteiger partial charge >= 0.3 is 0 Å². The zero-order valence-corrected chi connectivity index (χ0v) is 10.5. The van der Waals surface area contributed by atoms with Crippen molar-refractivity contribution in [3.8, 4) is 0 Å². The molecule has 17 heavy (non-hydrogen) atoms. The molecule has 84 valence electrons. The number of fused-ring (bicyclic) bond motifs is 2. The number of benzene rings is 3. The van der Waals surface area contributed by atoms with Crippen LogP contribution < -0.4 is 0 Å². The molecule has 0 aromatic heterocycles. The van der Waals surface area contributed by atoms with Crippen molar-refractivity contribution in [1.82, 2.24) is 0 Å². The average Bonchev–Trinajstić information content (AvgIpc) is 2.30. The van der Waals surface area contributed by atoms with Crippen LogP contribution in [0.5, 0.6) is 0 Å². The van der Waals surface area contributed by atoms with E-state index >= 15 is 0 Å². The molecule has 0 aliphatic rings. The van der Waals surface area contributed by atoms with Crippen molar-refractivity contribution >= 4 is 21.5 Å².